The van der Waals surface area contributed by atoms with E-state index in [0.29, 0.717) is 18.1 Å². The van der Waals surface area contributed by atoms with Crippen molar-refractivity contribution in [3.8, 4) is 5.88 Å². The van der Waals surface area contributed by atoms with Crippen LogP contribution in [0.5, 0.6) is 5.88 Å². The molecule has 0 amide bonds. The van der Waals surface area contributed by atoms with Gasteiger partial charge in [0.1, 0.15) is 11.9 Å². The fourth-order valence-electron chi connectivity index (χ4n) is 1.71. The minimum absolute atomic E-state index is 0.0696. The highest BCUT2D eigenvalue weighted by Crippen LogP contribution is 2.19. The van der Waals surface area contributed by atoms with Crippen LogP contribution in [0, 0.1) is 0 Å². The summed E-state index contributed by atoms with van der Waals surface area (Å²) in [5.41, 5.74) is 0.708. The number of nitrogens with zero attached hydrogens (tertiary/aromatic N) is 3. The monoisotopic (exact) mass is 250 g/mol. The van der Waals surface area contributed by atoms with E-state index in [1.165, 1.54) is 0 Å². The molecular formula is C12H18N4O2. The number of anilines is 1. The van der Waals surface area contributed by atoms with Crippen LogP contribution in [0.15, 0.2) is 18.6 Å². The molecule has 6 heteroatoms. The van der Waals surface area contributed by atoms with Crippen LogP contribution < -0.4 is 10.1 Å². The molecule has 1 atom stereocenters. The minimum Gasteiger partial charge on any atom is -0.470 e. The maximum atomic E-state index is 5.75. The highest BCUT2D eigenvalue weighted by Gasteiger charge is 2.12. The first-order valence-corrected chi connectivity index (χ1v) is 5.97. The predicted octanol–water partition coefficient (Wildman–Crippen LogP) is 1.57. The Balaban J connectivity index is 2.31. The third-order valence-electron chi connectivity index (χ3n) is 2.42. The van der Waals surface area contributed by atoms with Gasteiger partial charge in [0.25, 0.3) is 5.88 Å². The fraction of sp³-hybridized carbons (Fsp3) is 0.500. The number of nitrogens with one attached hydrogen (secondary N) is 1. The molecule has 0 fully saturated rings. The van der Waals surface area contributed by atoms with E-state index in [0.717, 1.165) is 12.4 Å². The molecule has 0 spiro atoms. The van der Waals surface area contributed by atoms with Crippen molar-refractivity contribution in [3.63, 3.8) is 0 Å². The van der Waals surface area contributed by atoms with Crippen LogP contribution in [0.3, 0.4) is 0 Å². The maximum absolute atomic E-state index is 5.75. The van der Waals surface area contributed by atoms with Gasteiger partial charge < -0.3 is 14.8 Å². The summed E-state index contributed by atoms with van der Waals surface area (Å²) in [4.78, 5) is 8.65. The highest BCUT2D eigenvalue weighted by atomic mass is 16.5. The van der Waals surface area contributed by atoms with Crippen LogP contribution in [-0.4, -0.2) is 40.7 Å². The first kappa shape index (κ1) is 12.6. The molecule has 0 saturated heterocycles. The topological polar surface area (TPSA) is 60.7 Å². The van der Waals surface area contributed by atoms with Crippen molar-refractivity contribution in [2.45, 2.75) is 20.0 Å². The van der Waals surface area contributed by atoms with Gasteiger partial charge in [0.2, 0.25) is 5.65 Å². The van der Waals surface area contributed by atoms with Gasteiger partial charge in [-0.15, -0.1) is 0 Å². The normalized spacial score (nSPS) is 12.6. The summed E-state index contributed by atoms with van der Waals surface area (Å²) in [5, 5.41) is 3.16. The molecule has 1 unspecified atom stereocenters. The molecule has 0 bridgehead atoms. The summed E-state index contributed by atoms with van der Waals surface area (Å²) in [5.74, 6) is 1.28. The number of hydrogen-bond acceptors (Lipinski definition) is 5. The van der Waals surface area contributed by atoms with Gasteiger partial charge in [-0.25, -0.2) is 4.98 Å². The third-order valence-corrected chi connectivity index (χ3v) is 2.42. The summed E-state index contributed by atoms with van der Waals surface area (Å²) in [6, 6.07) is 0. The van der Waals surface area contributed by atoms with E-state index in [9.17, 15) is 0 Å². The summed E-state index contributed by atoms with van der Waals surface area (Å²) < 4.78 is 12.7. The fourth-order valence-corrected chi connectivity index (χ4v) is 1.71. The Bertz CT molecular complexity index is 512. The van der Waals surface area contributed by atoms with Crippen LogP contribution in [0.2, 0.25) is 0 Å². The molecule has 2 aromatic heterocycles. The Hall–Kier alpha value is -1.82. The smallest absolute Gasteiger partial charge is 0.260 e. The van der Waals surface area contributed by atoms with Crippen molar-refractivity contribution < 1.29 is 9.47 Å². The average Bonchev–Trinajstić information content (AvgIpc) is 2.78. The summed E-state index contributed by atoms with van der Waals surface area (Å²) >= 11 is 0. The van der Waals surface area contributed by atoms with E-state index >= 15 is 0 Å². The quantitative estimate of drug-likeness (QED) is 0.843. The first-order chi connectivity index (χ1) is 8.74. The predicted molar refractivity (Wildman–Crippen MR) is 69.1 cm³/mol. The van der Waals surface area contributed by atoms with E-state index in [1.807, 2.05) is 30.6 Å². The largest absolute Gasteiger partial charge is 0.470 e. The molecule has 0 aliphatic heterocycles. The van der Waals surface area contributed by atoms with Crippen molar-refractivity contribution in [2.75, 3.05) is 25.6 Å². The zero-order valence-electron chi connectivity index (χ0n) is 10.9. The lowest BCUT2D eigenvalue weighted by Crippen LogP contribution is -2.19. The van der Waals surface area contributed by atoms with Crippen molar-refractivity contribution in [3.05, 3.63) is 18.6 Å². The molecule has 0 radical (unpaired) electrons. The van der Waals surface area contributed by atoms with Crippen molar-refractivity contribution in [1.29, 1.82) is 0 Å². The van der Waals surface area contributed by atoms with Crippen LogP contribution in [0.1, 0.15) is 13.8 Å². The Labute approximate surface area is 106 Å². The van der Waals surface area contributed by atoms with Crippen LogP contribution in [0.25, 0.3) is 5.65 Å². The van der Waals surface area contributed by atoms with Crippen molar-refractivity contribution in [2.24, 2.45) is 0 Å². The van der Waals surface area contributed by atoms with E-state index in [4.69, 9.17) is 9.47 Å². The maximum Gasteiger partial charge on any atom is 0.260 e. The van der Waals surface area contributed by atoms with Gasteiger partial charge in [-0.2, -0.15) is 4.98 Å². The molecular weight excluding hydrogens is 232 g/mol. The summed E-state index contributed by atoms with van der Waals surface area (Å²) in [6.07, 6.45) is 5.41. The van der Waals surface area contributed by atoms with Gasteiger partial charge in [-0.05, 0) is 13.8 Å². The van der Waals surface area contributed by atoms with Gasteiger partial charge in [-0.1, -0.05) is 0 Å². The molecule has 98 valence electrons. The Morgan fingerprint density at radius 3 is 3.06 bits per heavy atom. The molecule has 0 aliphatic carbocycles. The molecule has 0 aliphatic rings. The average molecular weight is 250 g/mol. The number of rotatable bonds is 6. The zero-order chi connectivity index (χ0) is 13.0. The van der Waals surface area contributed by atoms with Crippen molar-refractivity contribution in [1.82, 2.24) is 14.4 Å². The van der Waals surface area contributed by atoms with Crippen LogP contribution in [0.4, 0.5) is 5.82 Å². The van der Waals surface area contributed by atoms with E-state index < -0.39 is 0 Å². The number of aromatic nitrogens is 3. The Morgan fingerprint density at radius 2 is 2.33 bits per heavy atom. The van der Waals surface area contributed by atoms with E-state index in [1.54, 1.807) is 13.3 Å². The van der Waals surface area contributed by atoms with E-state index in [2.05, 4.69) is 15.3 Å². The standard InChI is InChI=1S/C12H18N4O2/c1-4-13-10-7-16-6-5-14-11(16)12(15-10)18-9(2)8-17-3/h5-7,9,13H,4,8H2,1-3H3. The molecule has 18 heavy (non-hydrogen) atoms. The Morgan fingerprint density at radius 1 is 1.50 bits per heavy atom. The lowest BCUT2D eigenvalue weighted by molar-refractivity contribution is 0.0898. The number of methoxy groups -OCH3 is 1. The molecule has 6 nitrogen and oxygen atoms in total. The number of fused-ring (bicyclic) bond motifs is 1. The lowest BCUT2D eigenvalue weighted by Gasteiger charge is -2.14. The highest BCUT2D eigenvalue weighted by molar-refractivity contribution is 5.53. The van der Waals surface area contributed by atoms with Gasteiger partial charge in [-0.3, -0.25) is 4.40 Å². The second-order valence-electron chi connectivity index (χ2n) is 4.00. The number of imidazole rings is 1. The molecule has 0 saturated carbocycles. The van der Waals surface area contributed by atoms with Gasteiger partial charge in [0, 0.05) is 26.0 Å². The van der Waals surface area contributed by atoms with Crippen LogP contribution in [-0.2, 0) is 4.74 Å². The molecule has 2 heterocycles. The summed E-state index contributed by atoms with van der Waals surface area (Å²) in [7, 11) is 1.65. The second kappa shape index (κ2) is 5.68. The Kier molecular flexibility index (Phi) is 3.99. The first-order valence-electron chi connectivity index (χ1n) is 5.97. The van der Waals surface area contributed by atoms with Gasteiger partial charge >= 0.3 is 0 Å². The number of hydrogen-bond donors (Lipinski definition) is 1. The molecule has 2 aromatic rings. The second-order valence-corrected chi connectivity index (χ2v) is 4.00. The zero-order valence-corrected chi connectivity index (χ0v) is 10.9. The number of ether oxygens (including phenoxy) is 2. The van der Waals surface area contributed by atoms with Gasteiger partial charge in [0.05, 0.1) is 12.8 Å². The molecule has 1 N–H and O–H groups in total. The van der Waals surface area contributed by atoms with Crippen LogP contribution >= 0.6 is 0 Å². The van der Waals surface area contributed by atoms with Crippen molar-refractivity contribution >= 4 is 11.5 Å². The molecule has 0 aromatic carbocycles. The lowest BCUT2D eigenvalue weighted by atomic mass is 10.4. The minimum atomic E-state index is -0.0696. The van der Waals surface area contributed by atoms with Gasteiger partial charge in [0.15, 0.2) is 0 Å². The SMILES string of the molecule is CCNc1cn2ccnc2c(OC(C)COC)n1. The van der Waals surface area contributed by atoms with E-state index in [-0.39, 0.29) is 6.10 Å². The third kappa shape index (κ3) is 2.70. The summed E-state index contributed by atoms with van der Waals surface area (Å²) in [6.45, 7) is 5.28. The molecule has 2 rings (SSSR count).